The third kappa shape index (κ3) is 5.04. The molecule has 1 saturated carbocycles. The number of fused-ring (bicyclic) bond motifs is 1. The van der Waals surface area contributed by atoms with E-state index in [0.717, 1.165) is 29.8 Å². The maximum Gasteiger partial charge on any atom is 0.229 e. The molecule has 0 unspecified atom stereocenters. The van der Waals surface area contributed by atoms with Crippen LogP contribution >= 0.6 is 0 Å². The van der Waals surface area contributed by atoms with Crippen LogP contribution in [0.4, 0.5) is 11.6 Å². The first kappa shape index (κ1) is 21.7. The van der Waals surface area contributed by atoms with Crippen molar-refractivity contribution in [1.29, 1.82) is 0 Å². The van der Waals surface area contributed by atoms with Crippen LogP contribution in [0.15, 0.2) is 41.6 Å². The van der Waals surface area contributed by atoms with Gasteiger partial charge >= 0.3 is 0 Å². The van der Waals surface area contributed by atoms with Crippen LogP contribution in [0.25, 0.3) is 11.0 Å². The lowest BCUT2D eigenvalue weighted by Crippen LogP contribution is -2.35. The van der Waals surface area contributed by atoms with E-state index in [4.69, 9.17) is 0 Å². The Kier molecular flexibility index (Phi) is 6.24. The van der Waals surface area contributed by atoms with Crippen LogP contribution in [-0.2, 0) is 16.4 Å². The second kappa shape index (κ2) is 8.92. The van der Waals surface area contributed by atoms with Crippen LogP contribution < -0.4 is 5.32 Å². The number of rotatable bonds is 7. The van der Waals surface area contributed by atoms with Crippen LogP contribution in [0.5, 0.6) is 0 Å². The number of nitrogens with zero attached hydrogens (tertiary/aromatic N) is 5. The predicted octanol–water partition coefficient (Wildman–Crippen LogP) is 3.48. The second-order valence-corrected chi connectivity index (χ2v) is 10.5. The molecule has 1 fully saturated rings. The van der Waals surface area contributed by atoms with Gasteiger partial charge in [-0.05, 0) is 69.5 Å². The Morgan fingerprint density at radius 3 is 2.48 bits per heavy atom. The van der Waals surface area contributed by atoms with Crippen molar-refractivity contribution in [2.24, 2.45) is 5.92 Å². The summed E-state index contributed by atoms with van der Waals surface area (Å²) < 4.78 is 25.2. The molecule has 166 valence electrons. The van der Waals surface area contributed by atoms with Crippen LogP contribution in [0, 0.1) is 5.92 Å². The summed E-state index contributed by atoms with van der Waals surface area (Å²) in [5.74, 6) is 1.08. The van der Waals surface area contributed by atoms with E-state index >= 15 is 0 Å². The van der Waals surface area contributed by atoms with Crippen molar-refractivity contribution in [3.63, 3.8) is 0 Å². The Balaban J connectivity index is 1.45. The van der Waals surface area contributed by atoms with Crippen LogP contribution in [0.3, 0.4) is 0 Å². The first-order valence-electron chi connectivity index (χ1n) is 10.8. The monoisotopic (exact) mass is 442 g/mol. The van der Waals surface area contributed by atoms with Gasteiger partial charge in [-0.2, -0.15) is 10.1 Å². The third-order valence-corrected chi connectivity index (χ3v) is 7.41. The Hall–Kier alpha value is -2.52. The van der Waals surface area contributed by atoms with Gasteiger partial charge in [-0.1, -0.05) is 6.92 Å². The van der Waals surface area contributed by atoms with E-state index in [0.29, 0.717) is 17.9 Å². The summed E-state index contributed by atoms with van der Waals surface area (Å²) in [7, 11) is -1.00. The topological polar surface area (TPSA) is 93.0 Å². The maximum atomic E-state index is 11.6. The lowest BCUT2D eigenvalue weighted by molar-refractivity contribution is 0.163. The largest absolute Gasteiger partial charge is 0.324 e. The minimum atomic E-state index is -3.22. The van der Waals surface area contributed by atoms with Crippen LogP contribution in [-0.4, -0.2) is 59.0 Å². The van der Waals surface area contributed by atoms with Crippen molar-refractivity contribution >= 4 is 32.5 Å². The van der Waals surface area contributed by atoms with Crippen molar-refractivity contribution in [2.75, 3.05) is 25.2 Å². The number of sulfone groups is 1. The maximum absolute atomic E-state index is 11.6. The van der Waals surface area contributed by atoms with Gasteiger partial charge in [-0.3, -0.25) is 0 Å². The number of aromatic nitrogens is 4. The molecule has 3 aromatic rings. The first-order chi connectivity index (χ1) is 14.8. The number of nitrogens with one attached hydrogen (secondary N) is 1. The number of anilines is 2. The van der Waals surface area contributed by atoms with Crippen molar-refractivity contribution in [2.45, 2.75) is 50.1 Å². The summed E-state index contributed by atoms with van der Waals surface area (Å²) in [5.41, 5.74) is 1.55. The summed E-state index contributed by atoms with van der Waals surface area (Å²) in [6.45, 7) is 4.18. The molecule has 1 N–H and O–H groups in total. The molecule has 0 amide bonds. The average Bonchev–Trinajstić information content (AvgIpc) is 3.15. The smallest absolute Gasteiger partial charge is 0.229 e. The fourth-order valence-corrected chi connectivity index (χ4v) is 4.88. The Bertz CT molecular complexity index is 1130. The van der Waals surface area contributed by atoms with Gasteiger partial charge in [0.05, 0.1) is 16.5 Å². The van der Waals surface area contributed by atoms with Gasteiger partial charge in [0.2, 0.25) is 5.95 Å². The molecule has 1 aliphatic rings. The van der Waals surface area contributed by atoms with Gasteiger partial charge < -0.3 is 10.2 Å². The molecule has 0 atom stereocenters. The summed E-state index contributed by atoms with van der Waals surface area (Å²) >= 11 is 0. The molecule has 2 aromatic heterocycles. The van der Waals surface area contributed by atoms with Gasteiger partial charge in [0, 0.05) is 30.7 Å². The molecule has 2 heterocycles. The summed E-state index contributed by atoms with van der Waals surface area (Å²) in [4.78, 5) is 11.8. The Labute approximate surface area is 183 Å². The lowest BCUT2D eigenvalue weighted by atomic mass is 9.85. The van der Waals surface area contributed by atoms with Gasteiger partial charge in [0.15, 0.2) is 15.5 Å². The normalized spacial score (nSPS) is 19.7. The lowest BCUT2D eigenvalue weighted by Gasteiger charge is -2.34. The number of benzene rings is 1. The first-order valence-corrected chi connectivity index (χ1v) is 12.7. The molecule has 31 heavy (non-hydrogen) atoms. The third-order valence-electron chi connectivity index (χ3n) is 6.28. The molecule has 4 rings (SSSR count). The predicted molar refractivity (Wildman–Crippen MR) is 122 cm³/mol. The van der Waals surface area contributed by atoms with Crippen molar-refractivity contribution < 1.29 is 8.42 Å². The number of hydrogen-bond acceptors (Lipinski definition) is 7. The SMILES string of the molecule is CCN(C)C1CCC(Cn2ncc3cnc(Nc4ccc(S(C)(=O)=O)cc4)nc32)CC1. The quantitative estimate of drug-likeness (QED) is 0.599. The molecule has 1 aromatic carbocycles. The molecule has 0 radical (unpaired) electrons. The molecule has 1 aliphatic carbocycles. The summed E-state index contributed by atoms with van der Waals surface area (Å²) in [5, 5.41) is 8.63. The zero-order valence-electron chi connectivity index (χ0n) is 18.3. The van der Waals surface area contributed by atoms with E-state index < -0.39 is 9.84 Å². The molecule has 8 nitrogen and oxygen atoms in total. The van der Waals surface area contributed by atoms with Crippen LogP contribution in [0.1, 0.15) is 32.6 Å². The highest BCUT2D eigenvalue weighted by molar-refractivity contribution is 7.90. The fourth-order valence-electron chi connectivity index (χ4n) is 4.25. The van der Waals surface area contributed by atoms with Gasteiger partial charge in [0.25, 0.3) is 0 Å². The minimum Gasteiger partial charge on any atom is -0.324 e. The molecular formula is C22H30N6O2S. The highest BCUT2D eigenvalue weighted by Gasteiger charge is 2.24. The molecule has 0 saturated heterocycles. The zero-order chi connectivity index (χ0) is 22.0. The van der Waals surface area contributed by atoms with Gasteiger partial charge in [-0.15, -0.1) is 0 Å². The zero-order valence-corrected chi connectivity index (χ0v) is 19.1. The standard InChI is InChI=1S/C22H30N6O2S/c1-4-27(2)19-9-5-16(6-10-19)15-28-21-17(14-24-28)13-23-22(26-21)25-18-7-11-20(12-8-18)31(3,29)30/h7-8,11-14,16,19H,4-6,9-10,15H2,1-3H3,(H,23,25,26). The number of hydrogen-bond donors (Lipinski definition) is 1. The Morgan fingerprint density at radius 2 is 1.84 bits per heavy atom. The van der Waals surface area contributed by atoms with E-state index in [2.05, 4.69) is 39.3 Å². The average molecular weight is 443 g/mol. The molecule has 9 heteroatoms. The molecule has 0 aliphatic heterocycles. The van der Waals surface area contributed by atoms with Crippen molar-refractivity contribution in [3.8, 4) is 0 Å². The minimum absolute atomic E-state index is 0.285. The van der Waals surface area contributed by atoms with E-state index in [9.17, 15) is 8.42 Å². The molecule has 0 bridgehead atoms. The van der Waals surface area contributed by atoms with Gasteiger partial charge in [-0.25, -0.2) is 18.1 Å². The van der Waals surface area contributed by atoms with Gasteiger partial charge in [0.1, 0.15) is 0 Å². The highest BCUT2D eigenvalue weighted by Crippen LogP contribution is 2.29. The van der Waals surface area contributed by atoms with Crippen molar-refractivity contribution in [1.82, 2.24) is 24.6 Å². The Morgan fingerprint density at radius 1 is 1.13 bits per heavy atom. The van der Waals surface area contributed by atoms with E-state index in [-0.39, 0.29) is 4.90 Å². The van der Waals surface area contributed by atoms with E-state index in [1.165, 1.54) is 31.9 Å². The van der Waals surface area contributed by atoms with E-state index in [1.54, 1.807) is 30.5 Å². The summed E-state index contributed by atoms with van der Waals surface area (Å²) in [6, 6.07) is 7.28. The van der Waals surface area contributed by atoms with Crippen LogP contribution in [0.2, 0.25) is 0 Å². The van der Waals surface area contributed by atoms with Crippen molar-refractivity contribution in [3.05, 3.63) is 36.7 Å². The van der Waals surface area contributed by atoms with E-state index in [1.807, 2.05) is 10.9 Å². The molecule has 0 spiro atoms. The summed E-state index contributed by atoms with van der Waals surface area (Å²) in [6.07, 6.45) is 9.67. The fraction of sp³-hybridized carbons (Fsp3) is 0.500. The second-order valence-electron chi connectivity index (χ2n) is 8.47. The highest BCUT2D eigenvalue weighted by atomic mass is 32.2. The molecular weight excluding hydrogens is 412 g/mol.